The maximum absolute atomic E-state index is 6.08. The number of furan rings is 2. The predicted molar refractivity (Wildman–Crippen MR) is 95.0 cm³/mol. The molecular weight excluding hydrogens is 284 g/mol. The van der Waals surface area contributed by atoms with Gasteiger partial charge in [-0.25, -0.2) is 0 Å². The van der Waals surface area contributed by atoms with Gasteiger partial charge in [-0.3, -0.25) is 0 Å². The largest absolute Gasteiger partial charge is 0.456 e. The zero-order valence-electron chi connectivity index (χ0n) is 12.9. The average molecular weight is 300 g/mol. The van der Waals surface area contributed by atoms with E-state index in [1.807, 2.05) is 24.3 Å². The van der Waals surface area contributed by atoms with Crippen LogP contribution in [0.2, 0.25) is 0 Å². The highest BCUT2D eigenvalue weighted by Crippen LogP contribution is 2.36. The molecule has 0 aliphatic heterocycles. The summed E-state index contributed by atoms with van der Waals surface area (Å²) in [6, 6.07) is 18.9. The second-order valence-corrected chi connectivity index (χ2v) is 6.13. The first kappa shape index (κ1) is 12.8. The Morgan fingerprint density at radius 3 is 2.17 bits per heavy atom. The lowest BCUT2D eigenvalue weighted by Crippen LogP contribution is -1.80. The van der Waals surface area contributed by atoms with E-state index in [9.17, 15) is 0 Å². The first-order chi connectivity index (χ1) is 11.3. The molecular formula is C21H16O2. The minimum atomic E-state index is 0.881. The molecule has 23 heavy (non-hydrogen) atoms. The quantitative estimate of drug-likeness (QED) is 0.375. The van der Waals surface area contributed by atoms with Crippen LogP contribution in [0.25, 0.3) is 43.9 Å². The number of fused-ring (bicyclic) bond motifs is 6. The molecule has 0 spiro atoms. The van der Waals surface area contributed by atoms with E-state index < -0.39 is 0 Å². The van der Waals surface area contributed by atoms with Gasteiger partial charge in [-0.2, -0.15) is 0 Å². The molecule has 112 valence electrons. The third-order valence-corrected chi connectivity index (χ3v) is 4.57. The van der Waals surface area contributed by atoms with Crippen molar-refractivity contribution in [3.05, 3.63) is 60.2 Å². The minimum Gasteiger partial charge on any atom is -0.456 e. The second-order valence-electron chi connectivity index (χ2n) is 6.13. The molecule has 2 heterocycles. The number of aryl methyl sites for hydroxylation is 1. The van der Waals surface area contributed by atoms with Gasteiger partial charge >= 0.3 is 0 Å². The summed E-state index contributed by atoms with van der Waals surface area (Å²) < 4.78 is 12.0. The average Bonchev–Trinajstić information content (AvgIpc) is 3.09. The van der Waals surface area contributed by atoms with Crippen LogP contribution < -0.4 is 0 Å². The summed E-state index contributed by atoms with van der Waals surface area (Å²) >= 11 is 0. The van der Waals surface area contributed by atoms with E-state index in [0.717, 1.165) is 51.3 Å². The lowest BCUT2D eigenvalue weighted by molar-refractivity contribution is 0.656. The maximum Gasteiger partial charge on any atom is 0.139 e. The summed E-state index contributed by atoms with van der Waals surface area (Å²) in [6.07, 6.45) is 2.23. The molecule has 0 atom stereocenters. The van der Waals surface area contributed by atoms with Crippen molar-refractivity contribution in [3.8, 4) is 0 Å². The second kappa shape index (κ2) is 4.63. The SMILES string of the molecule is CCCc1ccc2c(c1)oc1cc3oc4ccccc4c3cc12. The Labute approximate surface area is 133 Å². The van der Waals surface area contributed by atoms with E-state index in [1.165, 1.54) is 10.9 Å². The molecule has 0 N–H and O–H groups in total. The van der Waals surface area contributed by atoms with Gasteiger partial charge in [0.2, 0.25) is 0 Å². The van der Waals surface area contributed by atoms with Crippen molar-refractivity contribution in [1.29, 1.82) is 0 Å². The van der Waals surface area contributed by atoms with Crippen LogP contribution in [-0.4, -0.2) is 0 Å². The van der Waals surface area contributed by atoms with Crippen molar-refractivity contribution < 1.29 is 8.83 Å². The topological polar surface area (TPSA) is 26.3 Å². The van der Waals surface area contributed by atoms with Gasteiger partial charge in [0.05, 0.1) is 0 Å². The van der Waals surface area contributed by atoms with Gasteiger partial charge in [-0.05, 0) is 30.2 Å². The smallest absolute Gasteiger partial charge is 0.139 e. The number of para-hydroxylation sites is 1. The van der Waals surface area contributed by atoms with Gasteiger partial charge < -0.3 is 8.83 Å². The Balaban J connectivity index is 1.86. The van der Waals surface area contributed by atoms with Crippen LogP contribution in [0.3, 0.4) is 0 Å². The highest BCUT2D eigenvalue weighted by molar-refractivity contribution is 6.15. The van der Waals surface area contributed by atoms with Crippen molar-refractivity contribution in [2.45, 2.75) is 19.8 Å². The van der Waals surface area contributed by atoms with Crippen molar-refractivity contribution in [2.24, 2.45) is 0 Å². The van der Waals surface area contributed by atoms with Gasteiger partial charge in [0.15, 0.2) is 0 Å². The van der Waals surface area contributed by atoms with Gasteiger partial charge in [0, 0.05) is 27.6 Å². The normalized spacial score (nSPS) is 12.0. The van der Waals surface area contributed by atoms with E-state index in [-0.39, 0.29) is 0 Å². The Morgan fingerprint density at radius 1 is 0.652 bits per heavy atom. The molecule has 0 radical (unpaired) electrons. The summed E-state index contributed by atoms with van der Waals surface area (Å²) in [7, 11) is 0. The summed E-state index contributed by atoms with van der Waals surface area (Å²) in [5.41, 5.74) is 4.98. The number of hydrogen-bond donors (Lipinski definition) is 0. The van der Waals surface area contributed by atoms with Crippen LogP contribution in [0.15, 0.2) is 63.4 Å². The zero-order chi connectivity index (χ0) is 15.4. The molecule has 0 bridgehead atoms. The molecule has 0 saturated heterocycles. The monoisotopic (exact) mass is 300 g/mol. The van der Waals surface area contributed by atoms with Crippen molar-refractivity contribution >= 4 is 43.9 Å². The van der Waals surface area contributed by atoms with Gasteiger partial charge in [-0.1, -0.05) is 43.7 Å². The molecule has 0 fully saturated rings. The summed E-state index contributed by atoms with van der Waals surface area (Å²) in [4.78, 5) is 0. The van der Waals surface area contributed by atoms with Crippen molar-refractivity contribution in [2.75, 3.05) is 0 Å². The van der Waals surface area contributed by atoms with E-state index in [0.29, 0.717) is 0 Å². The third kappa shape index (κ3) is 1.81. The standard InChI is InChI=1S/C21H16O2/c1-2-5-13-8-9-15-17-11-16-14-6-3-4-7-18(14)22-20(16)12-21(17)23-19(15)10-13/h3-4,6-12H,2,5H2,1H3. The highest BCUT2D eigenvalue weighted by atomic mass is 16.3. The molecule has 3 aromatic carbocycles. The van der Waals surface area contributed by atoms with E-state index >= 15 is 0 Å². The predicted octanol–water partition coefficient (Wildman–Crippen LogP) is 6.44. The number of rotatable bonds is 2. The van der Waals surface area contributed by atoms with E-state index in [1.54, 1.807) is 0 Å². The lowest BCUT2D eigenvalue weighted by Gasteiger charge is -1.97. The fraction of sp³-hybridized carbons (Fsp3) is 0.143. The number of hydrogen-bond acceptors (Lipinski definition) is 2. The van der Waals surface area contributed by atoms with Crippen LogP contribution >= 0.6 is 0 Å². The van der Waals surface area contributed by atoms with Crippen molar-refractivity contribution in [1.82, 2.24) is 0 Å². The minimum absolute atomic E-state index is 0.881. The molecule has 2 aromatic heterocycles. The molecule has 0 aliphatic rings. The Bertz CT molecular complexity index is 1170. The van der Waals surface area contributed by atoms with Crippen LogP contribution in [-0.2, 0) is 6.42 Å². The Hall–Kier alpha value is -2.74. The molecule has 0 aliphatic carbocycles. The zero-order valence-corrected chi connectivity index (χ0v) is 12.9. The third-order valence-electron chi connectivity index (χ3n) is 4.57. The highest BCUT2D eigenvalue weighted by Gasteiger charge is 2.13. The van der Waals surface area contributed by atoms with Gasteiger partial charge in [0.1, 0.15) is 22.3 Å². The number of benzene rings is 3. The Kier molecular flexibility index (Phi) is 2.57. The Morgan fingerprint density at radius 2 is 1.35 bits per heavy atom. The van der Waals surface area contributed by atoms with Gasteiger partial charge in [0.25, 0.3) is 0 Å². The van der Waals surface area contributed by atoms with Crippen LogP contribution in [0.5, 0.6) is 0 Å². The molecule has 2 heteroatoms. The molecule has 0 saturated carbocycles. The van der Waals surface area contributed by atoms with Crippen LogP contribution in [0, 0.1) is 0 Å². The molecule has 5 rings (SSSR count). The van der Waals surface area contributed by atoms with Crippen molar-refractivity contribution in [3.63, 3.8) is 0 Å². The van der Waals surface area contributed by atoms with Crippen LogP contribution in [0.1, 0.15) is 18.9 Å². The molecule has 5 aromatic rings. The molecule has 0 unspecified atom stereocenters. The molecule has 0 amide bonds. The maximum atomic E-state index is 6.08. The summed E-state index contributed by atoms with van der Waals surface area (Å²) in [6.45, 7) is 2.20. The van der Waals surface area contributed by atoms with Gasteiger partial charge in [-0.15, -0.1) is 0 Å². The fourth-order valence-electron chi connectivity index (χ4n) is 3.48. The fourth-order valence-corrected chi connectivity index (χ4v) is 3.48. The first-order valence-electron chi connectivity index (χ1n) is 8.10. The first-order valence-corrected chi connectivity index (χ1v) is 8.10. The summed E-state index contributed by atoms with van der Waals surface area (Å²) in [5, 5.41) is 4.63. The van der Waals surface area contributed by atoms with Crippen LogP contribution in [0.4, 0.5) is 0 Å². The summed E-state index contributed by atoms with van der Waals surface area (Å²) in [5.74, 6) is 0. The van der Waals surface area contributed by atoms with E-state index in [4.69, 9.17) is 8.83 Å². The molecule has 2 nitrogen and oxygen atoms in total. The lowest BCUT2D eigenvalue weighted by atomic mass is 10.1. The van der Waals surface area contributed by atoms with E-state index in [2.05, 4.69) is 37.3 Å².